The topological polar surface area (TPSA) is 29.3 Å². The van der Waals surface area contributed by atoms with Crippen molar-refractivity contribution in [3.63, 3.8) is 0 Å². The van der Waals surface area contributed by atoms with Crippen LogP contribution in [0.5, 0.6) is 0 Å². The number of nitrogens with two attached hydrogens (primary N) is 1. The fourth-order valence-electron chi connectivity index (χ4n) is 1.72. The average molecular weight is 186 g/mol. The van der Waals surface area contributed by atoms with Gasteiger partial charge in [0.2, 0.25) is 0 Å². The molecule has 2 nitrogen and oxygen atoms in total. The standard InChI is InChI=1S/C11H26N2/c1-6-10(7-2)13(5)9-11(4,12)8-3/h10H,6-9,12H2,1-5H3. The molecule has 0 aromatic rings. The zero-order valence-corrected chi connectivity index (χ0v) is 9.93. The molecule has 0 heterocycles. The van der Waals surface area contributed by atoms with Gasteiger partial charge in [0.25, 0.3) is 0 Å². The zero-order valence-electron chi connectivity index (χ0n) is 9.93. The number of likely N-dealkylation sites (N-methyl/N-ethyl adjacent to an activating group) is 1. The largest absolute Gasteiger partial charge is 0.324 e. The normalized spacial score (nSPS) is 16.6. The van der Waals surface area contributed by atoms with Crippen LogP contribution in [0.3, 0.4) is 0 Å². The van der Waals surface area contributed by atoms with Crippen LogP contribution < -0.4 is 5.73 Å². The van der Waals surface area contributed by atoms with Gasteiger partial charge in [-0.15, -0.1) is 0 Å². The van der Waals surface area contributed by atoms with E-state index in [0.717, 1.165) is 13.0 Å². The minimum Gasteiger partial charge on any atom is -0.324 e. The van der Waals surface area contributed by atoms with Crippen molar-refractivity contribution in [3.05, 3.63) is 0 Å². The second-order valence-electron chi connectivity index (χ2n) is 4.39. The van der Waals surface area contributed by atoms with Crippen LogP contribution >= 0.6 is 0 Å². The first-order chi connectivity index (χ1) is 5.96. The molecule has 0 saturated heterocycles. The Labute approximate surface area is 83.5 Å². The molecule has 0 fully saturated rings. The molecule has 0 aliphatic heterocycles. The third-order valence-electron chi connectivity index (χ3n) is 2.98. The van der Waals surface area contributed by atoms with Crippen LogP contribution in [0.1, 0.15) is 47.0 Å². The summed E-state index contributed by atoms with van der Waals surface area (Å²) in [5.41, 5.74) is 6.09. The molecule has 0 radical (unpaired) electrons. The number of rotatable bonds is 6. The molecule has 0 aliphatic rings. The third kappa shape index (κ3) is 4.63. The lowest BCUT2D eigenvalue weighted by Crippen LogP contribution is -2.48. The van der Waals surface area contributed by atoms with Crippen molar-refractivity contribution < 1.29 is 0 Å². The summed E-state index contributed by atoms with van der Waals surface area (Å²) in [6, 6.07) is 0.689. The lowest BCUT2D eigenvalue weighted by molar-refractivity contribution is 0.183. The van der Waals surface area contributed by atoms with Crippen LogP contribution in [0.2, 0.25) is 0 Å². The highest BCUT2D eigenvalue weighted by molar-refractivity contribution is 4.82. The van der Waals surface area contributed by atoms with Gasteiger partial charge in [-0.2, -0.15) is 0 Å². The Kier molecular flexibility index (Phi) is 5.57. The molecule has 0 bridgehead atoms. The summed E-state index contributed by atoms with van der Waals surface area (Å²) in [6.45, 7) is 9.76. The van der Waals surface area contributed by atoms with Gasteiger partial charge in [-0.25, -0.2) is 0 Å². The first kappa shape index (κ1) is 12.9. The quantitative estimate of drug-likeness (QED) is 0.689. The van der Waals surface area contributed by atoms with Crippen LogP contribution in [0.25, 0.3) is 0 Å². The van der Waals surface area contributed by atoms with Gasteiger partial charge in [0, 0.05) is 18.1 Å². The van der Waals surface area contributed by atoms with E-state index in [2.05, 4.69) is 39.6 Å². The molecular formula is C11H26N2. The molecule has 0 rings (SSSR count). The van der Waals surface area contributed by atoms with E-state index in [1.54, 1.807) is 0 Å². The summed E-state index contributed by atoms with van der Waals surface area (Å²) < 4.78 is 0. The molecule has 2 N–H and O–H groups in total. The van der Waals surface area contributed by atoms with Crippen molar-refractivity contribution in [2.45, 2.75) is 58.5 Å². The molecule has 0 saturated carbocycles. The number of hydrogen-bond acceptors (Lipinski definition) is 2. The zero-order chi connectivity index (χ0) is 10.5. The highest BCUT2D eigenvalue weighted by Gasteiger charge is 2.21. The van der Waals surface area contributed by atoms with Gasteiger partial charge in [0.1, 0.15) is 0 Å². The maximum atomic E-state index is 6.12. The van der Waals surface area contributed by atoms with Gasteiger partial charge in [-0.1, -0.05) is 20.8 Å². The van der Waals surface area contributed by atoms with Gasteiger partial charge in [0.15, 0.2) is 0 Å². The summed E-state index contributed by atoms with van der Waals surface area (Å²) in [4.78, 5) is 2.39. The van der Waals surface area contributed by atoms with Crippen molar-refractivity contribution in [3.8, 4) is 0 Å². The monoisotopic (exact) mass is 186 g/mol. The fourth-order valence-corrected chi connectivity index (χ4v) is 1.72. The molecular weight excluding hydrogens is 160 g/mol. The van der Waals surface area contributed by atoms with Gasteiger partial charge >= 0.3 is 0 Å². The van der Waals surface area contributed by atoms with Crippen LogP contribution in [-0.2, 0) is 0 Å². The lowest BCUT2D eigenvalue weighted by Gasteiger charge is -2.33. The molecule has 0 aromatic heterocycles. The highest BCUT2D eigenvalue weighted by Crippen LogP contribution is 2.12. The molecule has 13 heavy (non-hydrogen) atoms. The Morgan fingerprint density at radius 1 is 1.23 bits per heavy atom. The Morgan fingerprint density at radius 3 is 2.00 bits per heavy atom. The molecule has 0 amide bonds. The van der Waals surface area contributed by atoms with E-state index >= 15 is 0 Å². The molecule has 0 aliphatic carbocycles. The summed E-state index contributed by atoms with van der Waals surface area (Å²) >= 11 is 0. The molecule has 80 valence electrons. The second kappa shape index (κ2) is 5.61. The highest BCUT2D eigenvalue weighted by atomic mass is 15.1. The van der Waals surface area contributed by atoms with Gasteiger partial charge in [-0.3, -0.25) is 0 Å². The van der Waals surface area contributed by atoms with Gasteiger partial charge in [0.05, 0.1) is 0 Å². The van der Waals surface area contributed by atoms with Crippen LogP contribution in [-0.4, -0.2) is 30.1 Å². The van der Waals surface area contributed by atoms with E-state index in [1.165, 1.54) is 12.8 Å². The van der Waals surface area contributed by atoms with E-state index in [-0.39, 0.29) is 5.54 Å². The van der Waals surface area contributed by atoms with Gasteiger partial charge in [-0.05, 0) is 33.2 Å². The summed E-state index contributed by atoms with van der Waals surface area (Å²) in [5.74, 6) is 0. The molecule has 2 heteroatoms. The number of hydrogen-bond donors (Lipinski definition) is 1. The molecule has 1 atom stereocenters. The van der Waals surface area contributed by atoms with Crippen molar-refractivity contribution in [2.75, 3.05) is 13.6 Å². The third-order valence-corrected chi connectivity index (χ3v) is 2.98. The van der Waals surface area contributed by atoms with E-state index in [0.29, 0.717) is 6.04 Å². The van der Waals surface area contributed by atoms with Crippen LogP contribution in [0.4, 0.5) is 0 Å². The van der Waals surface area contributed by atoms with E-state index in [1.807, 2.05) is 0 Å². The molecule has 1 unspecified atom stereocenters. The van der Waals surface area contributed by atoms with Crippen molar-refractivity contribution in [1.29, 1.82) is 0 Å². The number of nitrogens with zero attached hydrogens (tertiary/aromatic N) is 1. The first-order valence-corrected chi connectivity index (χ1v) is 5.46. The minimum atomic E-state index is -0.0304. The van der Waals surface area contributed by atoms with E-state index < -0.39 is 0 Å². The molecule has 0 spiro atoms. The minimum absolute atomic E-state index is 0.0304. The first-order valence-electron chi connectivity index (χ1n) is 5.46. The average Bonchev–Trinajstić information content (AvgIpc) is 2.06. The smallest absolute Gasteiger partial charge is 0.0252 e. The SMILES string of the molecule is CCC(CC)N(C)CC(C)(N)CC. The predicted octanol–water partition coefficient (Wildman–Crippen LogP) is 2.23. The molecule has 0 aromatic carbocycles. The van der Waals surface area contributed by atoms with Crippen molar-refractivity contribution in [2.24, 2.45) is 5.73 Å². The van der Waals surface area contributed by atoms with E-state index in [9.17, 15) is 0 Å². The summed E-state index contributed by atoms with van der Waals surface area (Å²) in [5, 5.41) is 0. The summed E-state index contributed by atoms with van der Waals surface area (Å²) in [6.07, 6.45) is 3.47. The fraction of sp³-hybridized carbons (Fsp3) is 1.00. The Morgan fingerprint density at radius 2 is 1.69 bits per heavy atom. The maximum Gasteiger partial charge on any atom is 0.0252 e. The van der Waals surface area contributed by atoms with Crippen molar-refractivity contribution in [1.82, 2.24) is 4.90 Å². The van der Waals surface area contributed by atoms with Crippen molar-refractivity contribution >= 4 is 0 Å². The van der Waals surface area contributed by atoms with Gasteiger partial charge < -0.3 is 10.6 Å². The van der Waals surface area contributed by atoms with Crippen LogP contribution in [0.15, 0.2) is 0 Å². The Balaban J connectivity index is 4.04. The predicted molar refractivity (Wildman–Crippen MR) is 59.9 cm³/mol. The lowest BCUT2D eigenvalue weighted by atomic mass is 9.98. The van der Waals surface area contributed by atoms with Crippen LogP contribution in [0, 0.1) is 0 Å². The maximum absolute atomic E-state index is 6.12. The summed E-state index contributed by atoms with van der Waals surface area (Å²) in [7, 11) is 2.18. The second-order valence-corrected chi connectivity index (χ2v) is 4.39. The van der Waals surface area contributed by atoms with E-state index in [4.69, 9.17) is 5.73 Å². The Hall–Kier alpha value is -0.0800. The Bertz CT molecular complexity index is 128.